The number of hydrogen-bond donors (Lipinski definition) is 1. The number of nitrogens with zero attached hydrogens (tertiary/aromatic N) is 2. The number of rotatable bonds is 5. The van der Waals surface area contributed by atoms with Crippen molar-refractivity contribution in [2.75, 3.05) is 0 Å². The Labute approximate surface area is 163 Å². The maximum absolute atomic E-state index is 12.0. The molecule has 1 N–H and O–H groups in total. The minimum Gasteiger partial charge on any atom is -0.455 e. The van der Waals surface area contributed by atoms with Gasteiger partial charge in [-0.1, -0.05) is 22.0 Å². The van der Waals surface area contributed by atoms with Crippen LogP contribution in [0.2, 0.25) is 0 Å². The second-order valence-electron chi connectivity index (χ2n) is 5.66. The Morgan fingerprint density at radius 1 is 1.19 bits per heavy atom. The molecule has 3 aromatic rings. The molecule has 0 aliphatic carbocycles. The summed E-state index contributed by atoms with van der Waals surface area (Å²) in [6.07, 6.45) is 1.37. The zero-order valence-corrected chi connectivity index (χ0v) is 15.8. The summed E-state index contributed by atoms with van der Waals surface area (Å²) in [6.45, 7) is 1.84. The van der Waals surface area contributed by atoms with E-state index in [2.05, 4.69) is 26.5 Å². The van der Waals surface area contributed by atoms with E-state index in [1.54, 1.807) is 42.5 Å². The quantitative estimate of drug-likeness (QED) is 0.362. The van der Waals surface area contributed by atoms with Gasteiger partial charge in [-0.25, -0.2) is 5.43 Å². The fourth-order valence-electron chi connectivity index (χ4n) is 2.38. The number of hydrazone groups is 1. The average Bonchev–Trinajstić information content (AvgIpc) is 3.11. The number of nitrogens with one attached hydrogen (secondary N) is 1. The molecular weight excluding hydrogens is 414 g/mol. The zero-order chi connectivity index (χ0) is 19.4. The van der Waals surface area contributed by atoms with Crippen molar-refractivity contribution >= 4 is 33.7 Å². The third-order valence-electron chi connectivity index (χ3n) is 3.79. The van der Waals surface area contributed by atoms with Crippen molar-refractivity contribution in [2.24, 2.45) is 5.10 Å². The number of hydrogen-bond acceptors (Lipinski definition) is 5. The summed E-state index contributed by atoms with van der Waals surface area (Å²) in [5, 5.41) is 14.8. The number of carbonyl (C=O) groups excluding carboxylic acids is 1. The number of aryl methyl sites for hydroxylation is 1. The first-order valence-electron chi connectivity index (χ1n) is 7.88. The van der Waals surface area contributed by atoms with E-state index in [0.717, 1.165) is 10.0 Å². The molecule has 0 radical (unpaired) electrons. The molecule has 0 spiro atoms. The second kappa shape index (κ2) is 7.96. The number of nitro benzene ring substituents is 1. The molecule has 136 valence electrons. The van der Waals surface area contributed by atoms with Crippen LogP contribution in [-0.4, -0.2) is 17.0 Å². The summed E-state index contributed by atoms with van der Waals surface area (Å²) in [5.74, 6) is 0.545. The lowest BCUT2D eigenvalue weighted by Gasteiger charge is -2.02. The predicted octanol–water partition coefficient (Wildman–Crippen LogP) is 4.69. The number of amides is 1. The smallest absolute Gasteiger partial charge is 0.271 e. The van der Waals surface area contributed by atoms with E-state index in [-0.39, 0.29) is 11.6 Å². The van der Waals surface area contributed by atoms with Crippen LogP contribution in [0.3, 0.4) is 0 Å². The van der Waals surface area contributed by atoms with Gasteiger partial charge in [-0.3, -0.25) is 14.9 Å². The van der Waals surface area contributed by atoms with Gasteiger partial charge in [-0.2, -0.15) is 5.10 Å². The largest absolute Gasteiger partial charge is 0.455 e. The number of benzene rings is 2. The Bertz CT molecular complexity index is 1030. The second-order valence-corrected chi connectivity index (χ2v) is 6.58. The van der Waals surface area contributed by atoms with Gasteiger partial charge in [0.2, 0.25) is 0 Å². The SMILES string of the molecule is Cc1ccc([N+](=O)[O-])cc1-c1ccc(/C=N/NC(=O)c2ccc(Br)cc2)o1. The summed E-state index contributed by atoms with van der Waals surface area (Å²) in [6, 6.07) is 14.8. The first-order valence-corrected chi connectivity index (χ1v) is 8.67. The van der Waals surface area contributed by atoms with Crippen LogP contribution in [0.25, 0.3) is 11.3 Å². The Balaban J connectivity index is 1.72. The minimum absolute atomic E-state index is 0.0102. The molecule has 1 amide bonds. The Hall–Kier alpha value is -3.26. The van der Waals surface area contributed by atoms with E-state index in [4.69, 9.17) is 4.42 Å². The highest BCUT2D eigenvalue weighted by atomic mass is 79.9. The van der Waals surface area contributed by atoms with Crippen LogP contribution in [0.5, 0.6) is 0 Å². The summed E-state index contributed by atoms with van der Waals surface area (Å²) >= 11 is 3.31. The first kappa shape index (κ1) is 18.5. The van der Waals surface area contributed by atoms with E-state index < -0.39 is 4.92 Å². The van der Waals surface area contributed by atoms with E-state index in [1.807, 2.05) is 6.92 Å². The number of non-ortho nitro benzene ring substituents is 1. The van der Waals surface area contributed by atoms with Crippen molar-refractivity contribution in [2.45, 2.75) is 6.92 Å². The van der Waals surface area contributed by atoms with E-state index in [0.29, 0.717) is 22.6 Å². The highest BCUT2D eigenvalue weighted by molar-refractivity contribution is 9.10. The third kappa shape index (κ3) is 4.48. The monoisotopic (exact) mass is 427 g/mol. The summed E-state index contributed by atoms with van der Waals surface area (Å²) in [4.78, 5) is 22.5. The van der Waals surface area contributed by atoms with E-state index in [1.165, 1.54) is 18.3 Å². The lowest BCUT2D eigenvalue weighted by atomic mass is 10.1. The average molecular weight is 428 g/mol. The standard InChI is InChI=1S/C19H14BrN3O4/c1-12-2-7-15(23(25)26)10-17(12)18-9-8-16(27-18)11-21-22-19(24)13-3-5-14(20)6-4-13/h2-11H,1H3,(H,22,24)/b21-11+. The molecular formula is C19H14BrN3O4. The maximum Gasteiger partial charge on any atom is 0.271 e. The fraction of sp³-hybridized carbons (Fsp3) is 0.0526. The summed E-state index contributed by atoms with van der Waals surface area (Å²) in [7, 11) is 0. The number of furan rings is 1. The van der Waals surface area contributed by atoms with Crippen LogP contribution >= 0.6 is 15.9 Å². The van der Waals surface area contributed by atoms with Crippen LogP contribution in [0.4, 0.5) is 5.69 Å². The fourth-order valence-corrected chi connectivity index (χ4v) is 2.64. The Kier molecular flexibility index (Phi) is 5.46. The van der Waals surface area contributed by atoms with Gasteiger partial charge >= 0.3 is 0 Å². The molecule has 7 nitrogen and oxygen atoms in total. The maximum atomic E-state index is 12.0. The van der Waals surface area contributed by atoms with Crippen molar-refractivity contribution in [3.63, 3.8) is 0 Å². The number of carbonyl (C=O) groups is 1. The topological polar surface area (TPSA) is 97.7 Å². The normalized spacial score (nSPS) is 10.9. The molecule has 0 saturated carbocycles. The molecule has 0 fully saturated rings. The minimum atomic E-state index is -0.452. The molecule has 0 unspecified atom stereocenters. The molecule has 1 aromatic heterocycles. The molecule has 0 bridgehead atoms. The van der Waals surface area contributed by atoms with Crippen molar-refractivity contribution in [1.29, 1.82) is 0 Å². The van der Waals surface area contributed by atoms with Gasteiger partial charge < -0.3 is 4.42 Å². The van der Waals surface area contributed by atoms with Crippen LogP contribution in [-0.2, 0) is 0 Å². The highest BCUT2D eigenvalue weighted by Gasteiger charge is 2.13. The molecule has 0 aliphatic heterocycles. The summed E-state index contributed by atoms with van der Waals surface area (Å²) < 4.78 is 6.54. The van der Waals surface area contributed by atoms with Gasteiger partial charge in [0.25, 0.3) is 11.6 Å². The van der Waals surface area contributed by atoms with Gasteiger partial charge in [-0.05, 0) is 48.9 Å². The number of halogens is 1. The third-order valence-corrected chi connectivity index (χ3v) is 4.32. The zero-order valence-electron chi connectivity index (χ0n) is 14.2. The van der Waals surface area contributed by atoms with Crippen LogP contribution in [0, 0.1) is 17.0 Å². The van der Waals surface area contributed by atoms with Gasteiger partial charge in [0.05, 0.1) is 11.1 Å². The molecule has 3 rings (SSSR count). The van der Waals surface area contributed by atoms with Crippen molar-refractivity contribution in [3.8, 4) is 11.3 Å². The molecule has 1 heterocycles. The van der Waals surface area contributed by atoms with Crippen molar-refractivity contribution in [3.05, 3.63) is 86.1 Å². The lowest BCUT2D eigenvalue weighted by molar-refractivity contribution is -0.384. The molecule has 27 heavy (non-hydrogen) atoms. The predicted molar refractivity (Wildman–Crippen MR) is 105 cm³/mol. The van der Waals surface area contributed by atoms with E-state index in [9.17, 15) is 14.9 Å². The lowest BCUT2D eigenvalue weighted by Crippen LogP contribution is -2.17. The van der Waals surface area contributed by atoms with Crippen LogP contribution in [0.1, 0.15) is 21.7 Å². The number of nitro groups is 1. The molecule has 2 aromatic carbocycles. The van der Waals surface area contributed by atoms with Gasteiger partial charge in [0, 0.05) is 27.7 Å². The van der Waals surface area contributed by atoms with Crippen molar-refractivity contribution in [1.82, 2.24) is 5.43 Å². The highest BCUT2D eigenvalue weighted by Crippen LogP contribution is 2.28. The van der Waals surface area contributed by atoms with Gasteiger partial charge in [-0.15, -0.1) is 0 Å². The Morgan fingerprint density at radius 2 is 1.93 bits per heavy atom. The van der Waals surface area contributed by atoms with Crippen molar-refractivity contribution < 1.29 is 14.1 Å². The summed E-state index contributed by atoms with van der Waals surface area (Å²) in [5.41, 5.74) is 4.36. The van der Waals surface area contributed by atoms with Crippen LogP contribution in [0.15, 0.2) is 68.6 Å². The van der Waals surface area contributed by atoms with Gasteiger partial charge in [0.15, 0.2) is 0 Å². The molecule has 0 saturated heterocycles. The Morgan fingerprint density at radius 3 is 2.63 bits per heavy atom. The first-order chi connectivity index (χ1) is 12.9. The molecule has 8 heteroatoms. The van der Waals surface area contributed by atoms with Gasteiger partial charge in [0.1, 0.15) is 11.5 Å². The molecule has 0 aliphatic rings. The molecule has 0 atom stereocenters. The van der Waals surface area contributed by atoms with Crippen LogP contribution < -0.4 is 5.43 Å². The van der Waals surface area contributed by atoms with E-state index >= 15 is 0 Å².